The van der Waals surface area contributed by atoms with Crippen molar-refractivity contribution in [3.05, 3.63) is 80.9 Å². The fourth-order valence-corrected chi connectivity index (χ4v) is 4.29. The average molecular weight is 508 g/mol. The molecule has 11 heteroatoms. The van der Waals surface area contributed by atoms with Gasteiger partial charge in [0, 0.05) is 29.5 Å². The SMILES string of the molecule is CCOc1ccc(NC(=O)CN2C(=O)S/C(=C/c3ccc(-c4cc([N+](=O)[O-])ccc4C)o3)C2=O)cc1. The van der Waals surface area contributed by atoms with Crippen molar-refractivity contribution in [1.82, 2.24) is 4.90 Å². The summed E-state index contributed by atoms with van der Waals surface area (Å²) in [6.45, 7) is 3.74. The van der Waals surface area contributed by atoms with Crippen LogP contribution in [0.4, 0.5) is 16.2 Å². The lowest BCUT2D eigenvalue weighted by molar-refractivity contribution is -0.384. The lowest BCUT2D eigenvalue weighted by Crippen LogP contribution is -2.36. The molecule has 1 aliphatic heterocycles. The third-order valence-electron chi connectivity index (χ3n) is 5.22. The van der Waals surface area contributed by atoms with Gasteiger partial charge in [0.1, 0.15) is 23.8 Å². The molecule has 2 aromatic carbocycles. The first-order valence-electron chi connectivity index (χ1n) is 10.9. The second-order valence-corrected chi connectivity index (χ2v) is 8.72. The van der Waals surface area contributed by atoms with Crippen LogP contribution in [0.15, 0.2) is 63.9 Å². The number of hydrogen-bond donors (Lipinski definition) is 1. The van der Waals surface area contributed by atoms with Crippen molar-refractivity contribution in [2.75, 3.05) is 18.5 Å². The summed E-state index contributed by atoms with van der Waals surface area (Å²) in [6, 6.07) is 14.4. The van der Waals surface area contributed by atoms with Gasteiger partial charge in [-0.05, 0) is 67.6 Å². The van der Waals surface area contributed by atoms with Crippen LogP contribution in [0.2, 0.25) is 0 Å². The highest BCUT2D eigenvalue weighted by Gasteiger charge is 2.36. The number of nitro benzene ring substituents is 1. The second kappa shape index (κ2) is 10.5. The normalized spacial score (nSPS) is 14.4. The Morgan fingerprint density at radius 3 is 2.61 bits per heavy atom. The van der Waals surface area contributed by atoms with E-state index in [4.69, 9.17) is 9.15 Å². The molecule has 0 unspecified atom stereocenters. The zero-order valence-corrected chi connectivity index (χ0v) is 20.2. The largest absolute Gasteiger partial charge is 0.494 e. The molecule has 1 aromatic heterocycles. The number of rotatable bonds is 8. The highest BCUT2D eigenvalue weighted by Crippen LogP contribution is 2.34. The van der Waals surface area contributed by atoms with Gasteiger partial charge in [-0.3, -0.25) is 29.4 Å². The standard InChI is InChI=1S/C25H21N3O7S/c1-3-34-18-8-5-16(6-9-18)26-23(29)14-27-24(30)22(36-25(27)31)13-19-10-11-21(35-19)20-12-17(28(32)33)7-4-15(20)2/h4-13H,3,14H2,1-2H3,(H,26,29)/b22-13+. The molecule has 0 aliphatic carbocycles. The van der Waals surface area contributed by atoms with Crippen LogP contribution in [0.5, 0.6) is 5.75 Å². The Morgan fingerprint density at radius 1 is 1.17 bits per heavy atom. The van der Waals surface area contributed by atoms with Crippen LogP contribution in [0, 0.1) is 17.0 Å². The number of thioether (sulfide) groups is 1. The van der Waals surface area contributed by atoms with E-state index in [1.807, 2.05) is 6.92 Å². The number of anilines is 1. The van der Waals surface area contributed by atoms with Crippen molar-refractivity contribution in [2.24, 2.45) is 0 Å². The maximum atomic E-state index is 12.8. The number of aryl methyl sites for hydroxylation is 1. The van der Waals surface area contributed by atoms with Crippen LogP contribution in [0.25, 0.3) is 17.4 Å². The molecule has 1 aliphatic rings. The first-order chi connectivity index (χ1) is 17.2. The second-order valence-electron chi connectivity index (χ2n) is 7.73. The Balaban J connectivity index is 1.44. The quantitative estimate of drug-likeness (QED) is 0.249. The Morgan fingerprint density at radius 2 is 1.92 bits per heavy atom. The average Bonchev–Trinajstić information content (AvgIpc) is 3.41. The summed E-state index contributed by atoms with van der Waals surface area (Å²) in [5.74, 6) is 0.199. The summed E-state index contributed by atoms with van der Waals surface area (Å²) in [4.78, 5) is 49.2. The van der Waals surface area contributed by atoms with E-state index in [2.05, 4.69) is 5.32 Å². The van der Waals surface area contributed by atoms with Gasteiger partial charge in [-0.15, -0.1) is 0 Å². The van der Waals surface area contributed by atoms with Crippen molar-refractivity contribution in [3.63, 3.8) is 0 Å². The predicted molar refractivity (Wildman–Crippen MR) is 134 cm³/mol. The third kappa shape index (κ3) is 5.47. The van der Waals surface area contributed by atoms with Crippen molar-refractivity contribution in [3.8, 4) is 17.1 Å². The Bertz CT molecular complexity index is 1380. The van der Waals surface area contributed by atoms with E-state index >= 15 is 0 Å². The van der Waals surface area contributed by atoms with E-state index < -0.39 is 28.5 Å². The van der Waals surface area contributed by atoms with Crippen LogP contribution >= 0.6 is 11.8 Å². The van der Waals surface area contributed by atoms with Gasteiger partial charge >= 0.3 is 0 Å². The zero-order valence-electron chi connectivity index (χ0n) is 19.3. The Labute approximate surface area is 210 Å². The number of nitrogens with zero attached hydrogens (tertiary/aromatic N) is 2. The molecule has 1 saturated heterocycles. The summed E-state index contributed by atoms with van der Waals surface area (Å²) in [7, 11) is 0. The minimum atomic E-state index is -0.615. The molecule has 3 aromatic rings. The summed E-state index contributed by atoms with van der Waals surface area (Å²) in [5, 5.41) is 13.2. The van der Waals surface area contributed by atoms with Gasteiger partial charge in [0.25, 0.3) is 16.8 Å². The molecule has 3 amide bonds. The van der Waals surface area contributed by atoms with E-state index in [0.29, 0.717) is 46.9 Å². The lowest BCUT2D eigenvalue weighted by Gasteiger charge is -2.12. The van der Waals surface area contributed by atoms with E-state index in [0.717, 1.165) is 10.5 Å². The number of hydrogen-bond acceptors (Lipinski definition) is 8. The van der Waals surface area contributed by atoms with Crippen molar-refractivity contribution >= 4 is 46.3 Å². The van der Waals surface area contributed by atoms with Crippen LogP contribution in [0.3, 0.4) is 0 Å². The van der Waals surface area contributed by atoms with Gasteiger partial charge in [-0.1, -0.05) is 6.07 Å². The van der Waals surface area contributed by atoms with Gasteiger partial charge in [0.2, 0.25) is 5.91 Å². The fraction of sp³-hybridized carbons (Fsp3) is 0.160. The number of nitrogens with one attached hydrogen (secondary N) is 1. The minimum Gasteiger partial charge on any atom is -0.494 e. The molecule has 10 nitrogen and oxygen atoms in total. The number of furan rings is 1. The number of carbonyl (C=O) groups excluding carboxylic acids is 3. The lowest BCUT2D eigenvalue weighted by atomic mass is 10.1. The molecular formula is C25H21N3O7S. The van der Waals surface area contributed by atoms with E-state index in [9.17, 15) is 24.5 Å². The molecule has 1 fully saturated rings. The maximum Gasteiger partial charge on any atom is 0.294 e. The number of nitro groups is 1. The predicted octanol–water partition coefficient (Wildman–Crippen LogP) is 5.24. The van der Waals surface area contributed by atoms with Gasteiger partial charge in [-0.2, -0.15) is 0 Å². The Kier molecular flexibility index (Phi) is 7.20. The molecule has 36 heavy (non-hydrogen) atoms. The van der Waals surface area contributed by atoms with Crippen LogP contribution in [-0.4, -0.2) is 40.0 Å². The highest BCUT2D eigenvalue weighted by atomic mass is 32.2. The fourth-order valence-electron chi connectivity index (χ4n) is 3.47. The molecule has 0 bridgehead atoms. The smallest absolute Gasteiger partial charge is 0.294 e. The van der Waals surface area contributed by atoms with Gasteiger partial charge in [0.05, 0.1) is 16.4 Å². The summed E-state index contributed by atoms with van der Waals surface area (Å²) < 4.78 is 11.1. The molecule has 0 radical (unpaired) electrons. The van der Waals surface area contributed by atoms with Crippen molar-refractivity contribution in [1.29, 1.82) is 0 Å². The number of benzene rings is 2. The third-order valence-corrected chi connectivity index (χ3v) is 6.13. The molecular weight excluding hydrogens is 486 g/mol. The van der Waals surface area contributed by atoms with Gasteiger partial charge < -0.3 is 14.5 Å². The molecule has 0 atom stereocenters. The first-order valence-corrected chi connectivity index (χ1v) is 11.7. The van der Waals surface area contributed by atoms with Crippen LogP contribution < -0.4 is 10.1 Å². The summed E-state index contributed by atoms with van der Waals surface area (Å²) >= 11 is 0.700. The van der Waals surface area contributed by atoms with Crippen LogP contribution in [-0.2, 0) is 9.59 Å². The topological polar surface area (TPSA) is 132 Å². The van der Waals surface area contributed by atoms with Gasteiger partial charge in [-0.25, -0.2) is 0 Å². The number of non-ortho nitro benzene ring substituents is 1. The van der Waals surface area contributed by atoms with Crippen molar-refractivity contribution in [2.45, 2.75) is 13.8 Å². The van der Waals surface area contributed by atoms with E-state index in [1.165, 1.54) is 18.2 Å². The molecule has 0 saturated carbocycles. The van der Waals surface area contributed by atoms with Crippen LogP contribution in [0.1, 0.15) is 18.2 Å². The summed E-state index contributed by atoms with van der Waals surface area (Å²) in [5.41, 5.74) is 1.76. The monoisotopic (exact) mass is 507 g/mol. The van der Waals surface area contributed by atoms with Crippen molar-refractivity contribution < 1.29 is 28.5 Å². The highest BCUT2D eigenvalue weighted by molar-refractivity contribution is 8.18. The van der Waals surface area contributed by atoms with Gasteiger partial charge in [0.15, 0.2) is 0 Å². The molecule has 0 spiro atoms. The summed E-state index contributed by atoms with van der Waals surface area (Å²) in [6.07, 6.45) is 1.41. The number of carbonyl (C=O) groups is 3. The maximum absolute atomic E-state index is 12.8. The number of amides is 3. The molecule has 2 heterocycles. The first kappa shape index (κ1) is 24.7. The molecule has 184 valence electrons. The van der Waals surface area contributed by atoms with E-state index in [1.54, 1.807) is 49.4 Å². The minimum absolute atomic E-state index is 0.0711. The molecule has 4 rings (SSSR count). The van der Waals surface area contributed by atoms with E-state index in [-0.39, 0.29) is 10.6 Å². The zero-order chi connectivity index (χ0) is 25.8. The molecule has 1 N–H and O–H groups in total. The number of ether oxygens (including phenoxy) is 1. The Hall–Kier alpha value is -4.38. The number of imide groups is 1.